The Kier molecular flexibility index (Phi) is 3.36. The lowest BCUT2D eigenvalue weighted by Gasteiger charge is -2.19. The Labute approximate surface area is 71.1 Å². The molecule has 0 atom stereocenters. The van der Waals surface area contributed by atoms with Crippen LogP contribution >= 0.6 is 15.9 Å². The first-order chi connectivity index (χ1) is 4.27. The summed E-state index contributed by atoms with van der Waals surface area (Å²) in [6.07, 6.45) is 1.26. The van der Waals surface area contributed by atoms with Gasteiger partial charge in [0.2, 0.25) is 0 Å². The van der Waals surface area contributed by atoms with Gasteiger partial charge in [0.05, 0.1) is 5.75 Å². The van der Waals surface area contributed by atoms with Crippen LogP contribution in [0.5, 0.6) is 0 Å². The Morgan fingerprint density at radius 1 is 1.40 bits per heavy atom. The summed E-state index contributed by atoms with van der Waals surface area (Å²) in [7, 11) is -2.82. The largest absolute Gasteiger partial charge is 0.229 e. The van der Waals surface area contributed by atoms with Crippen molar-refractivity contribution in [3.05, 3.63) is 0 Å². The minimum absolute atomic E-state index is 0.145. The summed E-state index contributed by atoms with van der Waals surface area (Å²) in [6.45, 7) is 3.84. The van der Waals surface area contributed by atoms with Crippen LogP contribution in [0.1, 0.15) is 13.8 Å². The van der Waals surface area contributed by atoms with Crippen molar-refractivity contribution in [2.75, 3.05) is 17.3 Å². The zero-order valence-corrected chi connectivity index (χ0v) is 8.92. The minimum Gasteiger partial charge on any atom is -0.229 e. The summed E-state index contributed by atoms with van der Waals surface area (Å²) < 4.78 is 21.6. The van der Waals surface area contributed by atoms with Gasteiger partial charge in [-0.1, -0.05) is 29.8 Å². The van der Waals surface area contributed by atoms with Crippen LogP contribution in [0.4, 0.5) is 0 Å². The highest BCUT2D eigenvalue weighted by Crippen LogP contribution is 2.19. The third-order valence-electron chi connectivity index (χ3n) is 1.01. The molecule has 0 saturated heterocycles. The topological polar surface area (TPSA) is 34.1 Å². The maximum atomic E-state index is 10.8. The standard InChI is InChI=1S/C6H13BrO2S/c1-6(2,4-7)5-10(3,8)9/h4-5H2,1-3H3. The molecule has 0 spiro atoms. The third-order valence-corrected chi connectivity index (χ3v) is 3.84. The molecule has 0 heterocycles. The number of sulfone groups is 1. The molecule has 0 bridgehead atoms. The molecule has 0 rings (SSSR count). The quantitative estimate of drug-likeness (QED) is 0.686. The van der Waals surface area contributed by atoms with Crippen molar-refractivity contribution >= 4 is 25.8 Å². The SMILES string of the molecule is CC(C)(CBr)CS(C)(=O)=O. The summed E-state index contributed by atoms with van der Waals surface area (Å²) >= 11 is 3.26. The first-order valence-corrected chi connectivity index (χ1v) is 6.19. The lowest BCUT2D eigenvalue weighted by atomic mass is 10.0. The van der Waals surface area contributed by atoms with E-state index in [-0.39, 0.29) is 11.2 Å². The predicted molar refractivity (Wildman–Crippen MR) is 47.3 cm³/mol. The highest BCUT2D eigenvalue weighted by atomic mass is 79.9. The Morgan fingerprint density at radius 3 is 1.90 bits per heavy atom. The molecular formula is C6H13BrO2S. The van der Waals surface area contributed by atoms with Gasteiger partial charge in [0.1, 0.15) is 9.84 Å². The number of halogens is 1. The number of hydrogen-bond donors (Lipinski definition) is 0. The van der Waals surface area contributed by atoms with Gasteiger partial charge in [-0.2, -0.15) is 0 Å². The Hall–Kier alpha value is 0.430. The molecule has 0 fully saturated rings. The molecule has 2 nitrogen and oxygen atoms in total. The van der Waals surface area contributed by atoms with Gasteiger partial charge >= 0.3 is 0 Å². The zero-order chi connectivity index (χ0) is 8.41. The van der Waals surface area contributed by atoms with E-state index in [2.05, 4.69) is 15.9 Å². The Bertz CT molecular complexity index is 194. The number of rotatable bonds is 3. The molecule has 0 aromatic heterocycles. The molecule has 0 aromatic rings. The average molecular weight is 229 g/mol. The second kappa shape index (κ2) is 3.22. The monoisotopic (exact) mass is 228 g/mol. The fourth-order valence-corrected chi connectivity index (χ4v) is 2.73. The summed E-state index contributed by atoms with van der Waals surface area (Å²) in [6, 6.07) is 0. The zero-order valence-electron chi connectivity index (χ0n) is 6.52. The van der Waals surface area contributed by atoms with E-state index in [0.29, 0.717) is 5.33 Å². The molecule has 0 aliphatic carbocycles. The Balaban J connectivity index is 4.16. The normalized spacial score (nSPS) is 13.6. The molecule has 0 radical (unpaired) electrons. The fourth-order valence-electron chi connectivity index (χ4n) is 0.748. The van der Waals surface area contributed by atoms with E-state index in [4.69, 9.17) is 0 Å². The Morgan fingerprint density at radius 2 is 1.80 bits per heavy atom. The van der Waals surface area contributed by atoms with Crippen LogP contribution in [0.25, 0.3) is 0 Å². The first kappa shape index (κ1) is 10.4. The van der Waals surface area contributed by atoms with Gasteiger partial charge in [-0.3, -0.25) is 0 Å². The van der Waals surface area contributed by atoms with Crippen LogP contribution in [-0.2, 0) is 9.84 Å². The van der Waals surface area contributed by atoms with Crippen molar-refractivity contribution in [1.29, 1.82) is 0 Å². The van der Waals surface area contributed by atoms with Crippen LogP contribution < -0.4 is 0 Å². The average Bonchev–Trinajstić information content (AvgIpc) is 1.60. The molecule has 0 unspecified atom stereocenters. The second-order valence-corrected chi connectivity index (χ2v) is 6.07. The summed E-state index contributed by atoms with van der Waals surface area (Å²) in [5.41, 5.74) is -0.145. The van der Waals surface area contributed by atoms with E-state index in [1.165, 1.54) is 6.26 Å². The van der Waals surface area contributed by atoms with Crippen LogP contribution in [0, 0.1) is 5.41 Å². The van der Waals surface area contributed by atoms with Crippen LogP contribution in [0.2, 0.25) is 0 Å². The van der Waals surface area contributed by atoms with Crippen LogP contribution in [0.3, 0.4) is 0 Å². The molecule has 0 aliphatic heterocycles. The van der Waals surface area contributed by atoms with Gasteiger partial charge < -0.3 is 0 Å². The van der Waals surface area contributed by atoms with Crippen molar-refractivity contribution in [2.24, 2.45) is 5.41 Å². The van der Waals surface area contributed by atoms with Gasteiger partial charge in [0, 0.05) is 11.6 Å². The van der Waals surface area contributed by atoms with Crippen molar-refractivity contribution < 1.29 is 8.42 Å². The maximum absolute atomic E-state index is 10.8. The lowest BCUT2D eigenvalue weighted by Crippen LogP contribution is -2.24. The summed E-state index contributed by atoms with van der Waals surface area (Å²) in [5.74, 6) is 0.241. The van der Waals surface area contributed by atoms with Crippen LogP contribution in [-0.4, -0.2) is 25.8 Å². The van der Waals surface area contributed by atoms with Crippen molar-refractivity contribution in [1.82, 2.24) is 0 Å². The van der Waals surface area contributed by atoms with E-state index in [9.17, 15) is 8.42 Å². The molecule has 0 aliphatic rings. The first-order valence-electron chi connectivity index (χ1n) is 3.00. The second-order valence-electron chi connectivity index (χ2n) is 3.37. The highest BCUT2D eigenvalue weighted by Gasteiger charge is 2.21. The predicted octanol–water partition coefficient (Wildman–Crippen LogP) is 1.45. The van der Waals surface area contributed by atoms with Gasteiger partial charge in [-0.25, -0.2) is 8.42 Å². The maximum Gasteiger partial charge on any atom is 0.148 e. The molecule has 0 aromatic carbocycles. The number of hydrogen-bond acceptors (Lipinski definition) is 2. The number of alkyl halides is 1. The van der Waals surface area contributed by atoms with E-state index in [1.54, 1.807) is 0 Å². The van der Waals surface area contributed by atoms with Crippen molar-refractivity contribution in [3.63, 3.8) is 0 Å². The molecule has 0 saturated carbocycles. The molecule has 4 heteroatoms. The summed E-state index contributed by atoms with van der Waals surface area (Å²) in [5, 5.41) is 0.715. The fraction of sp³-hybridized carbons (Fsp3) is 1.00. The van der Waals surface area contributed by atoms with E-state index in [1.807, 2.05) is 13.8 Å². The molecule has 10 heavy (non-hydrogen) atoms. The molecule has 0 N–H and O–H groups in total. The van der Waals surface area contributed by atoms with Crippen molar-refractivity contribution in [2.45, 2.75) is 13.8 Å². The van der Waals surface area contributed by atoms with E-state index < -0.39 is 9.84 Å². The van der Waals surface area contributed by atoms with E-state index >= 15 is 0 Å². The molecule has 62 valence electrons. The van der Waals surface area contributed by atoms with Gasteiger partial charge in [0.25, 0.3) is 0 Å². The van der Waals surface area contributed by atoms with Gasteiger partial charge in [-0.05, 0) is 5.41 Å². The minimum atomic E-state index is -2.82. The lowest BCUT2D eigenvalue weighted by molar-refractivity contribution is 0.476. The molecule has 0 amide bonds. The molecular weight excluding hydrogens is 216 g/mol. The third kappa shape index (κ3) is 5.23. The van der Waals surface area contributed by atoms with Gasteiger partial charge in [-0.15, -0.1) is 0 Å². The summed E-state index contributed by atoms with van der Waals surface area (Å²) in [4.78, 5) is 0. The van der Waals surface area contributed by atoms with E-state index in [0.717, 1.165) is 0 Å². The van der Waals surface area contributed by atoms with Crippen molar-refractivity contribution in [3.8, 4) is 0 Å². The highest BCUT2D eigenvalue weighted by molar-refractivity contribution is 9.09. The van der Waals surface area contributed by atoms with Crippen LogP contribution in [0.15, 0.2) is 0 Å². The van der Waals surface area contributed by atoms with Gasteiger partial charge in [0.15, 0.2) is 0 Å². The smallest absolute Gasteiger partial charge is 0.148 e.